The molecular weight excluding hydrogens is 309 g/mol. The van der Waals surface area contributed by atoms with Crippen LogP contribution in [0, 0.1) is 0 Å². The molecule has 114 valence electrons. The molecule has 1 unspecified atom stereocenters. The van der Waals surface area contributed by atoms with Gasteiger partial charge in [0.05, 0.1) is 10.9 Å². The minimum atomic E-state index is -5.32. The van der Waals surface area contributed by atoms with Gasteiger partial charge in [-0.25, -0.2) is 13.4 Å². The summed E-state index contributed by atoms with van der Waals surface area (Å²) in [5, 5.41) is 9.27. The standard InChI is InChI=1S/C11H11F3N4O2S/c1-7(10-15-6-16-18-10)17-8-2-4-9(5-3-8)21(19,20)11(12,13)14/h2-7,17H,1H3,(H,15,16,18). The molecule has 0 saturated carbocycles. The van der Waals surface area contributed by atoms with Gasteiger partial charge in [0.25, 0.3) is 9.84 Å². The first kappa shape index (κ1) is 15.3. The van der Waals surface area contributed by atoms with E-state index in [-0.39, 0.29) is 6.04 Å². The minimum Gasteiger partial charge on any atom is -0.375 e. The first-order chi connectivity index (χ1) is 9.72. The summed E-state index contributed by atoms with van der Waals surface area (Å²) < 4.78 is 59.6. The fourth-order valence-electron chi connectivity index (χ4n) is 1.61. The molecule has 2 rings (SSSR count). The number of benzene rings is 1. The van der Waals surface area contributed by atoms with E-state index in [0.717, 1.165) is 12.1 Å². The molecule has 0 amide bonds. The van der Waals surface area contributed by atoms with Crippen molar-refractivity contribution in [1.29, 1.82) is 0 Å². The predicted molar refractivity (Wildman–Crippen MR) is 68.1 cm³/mol. The number of hydrogen-bond acceptors (Lipinski definition) is 5. The number of anilines is 1. The topological polar surface area (TPSA) is 87.7 Å². The molecule has 0 aliphatic carbocycles. The van der Waals surface area contributed by atoms with E-state index in [1.54, 1.807) is 6.92 Å². The summed E-state index contributed by atoms with van der Waals surface area (Å²) in [6, 6.07) is 4.05. The Morgan fingerprint density at radius 2 is 1.86 bits per heavy atom. The van der Waals surface area contributed by atoms with Crippen LogP contribution in [0.2, 0.25) is 0 Å². The van der Waals surface area contributed by atoms with Crippen molar-refractivity contribution in [2.45, 2.75) is 23.4 Å². The zero-order chi connectivity index (χ0) is 15.7. The van der Waals surface area contributed by atoms with E-state index < -0.39 is 20.2 Å². The number of nitrogens with one attached hydrogen (secondary N) is 2. The number of H-pyrrole nitrogens is 1. The summed E-state index contributed by atoms with van der Waals surface area (Å²) in [6.07, 6.45) is 1.33. The van der Waals surface area contributed by atoms with E-state index in [1.807, 2.05) is 0 Å². The molecule has 0 spiro atoms. The first-order valence-corrected chi connectivity index (χ1v) is 7.23. The van der Waals surface area contributed by atoms with Crippen molar-refractivity contribution in [2.24, 2.45) is 0 Å². The van der Waals surface area contributed by atoms with Gasteiger partial charge in [-0.3, -0.25) is 5.10 Å². The summed E-state index contributed by atoms with van der Waals surface area (Å²) in [6.45, 7) is 1.76. The van der Waals surface area contributed by atoms with Gasteiger partial charge in [0.15, 0.2) is 0 Å². The van der Waals surface area contributed by atoms with Crippen molar-refractivity contribution in [3.8, 4) is 0 Å². The van der Waals surface area contributed by atoms with Gasteiger partial charge in [-0.05, 0) is 31.2 Å². The van der Waals surface area contributed by atoms with Crippen LogP contribution >= 0.6 is 0 Å². The Morgan fingerprint density at radius 1 is 1.24 bits per heavy atom. The molecule has 0 saturated heterocycles. The van der Waals surface area contributed by atoms with Crippen molar-refractivity contribution in [1.82, 2.24) is 15.2 Å². The molecule has 0 bridgehead atoms. The van der Waals surface area contributed by atoms with Crippen molar-refractivity contribution < 1.29 is 21.6 Å². The van der Waals surface area contributed by atoms with E-state index in [2.05, 4.69) is 20.5 Å². The van der Waals surface area contributed by atoms with Crippen molar-refractivity contribution in [2.75, 3.05) is 5.32 Å². The molecule has 6 nitrogen and oxygen atoms in total. The monoisotopic (exact) mass is 320 g/mol. The Morgan fingerprint density at radius 3 is 2.33 bits per heavy atom. The minimum absolute atomic E-state index is 0.266. The third-order valence-corrected chi connectivity index (χ3v) is 4.20. The number of alkyl halides is 3. The number of nitrogens with zero attached hydrogens (tertiary/aromatic N) is 2. The summed E-state index contributed by atoms with van der Waals surface area (Å²) in [7, 11) is -5.32. The number of sulfone groups is 1. The molecule has 10 heteroatoms. The van der Waals surface area contributed by atoms with Crippen LogP contribution in [-0.2, 0) is 9.84 Å². The Labute approximate surface area is 118 Å². The summed E-state index contributed by atoms with van der Waals surface area (Å²) >= 11 is 0. The highest BCUT2D eigenvalue weighted by molar-refractivity contribution is 7.92. The lowest BCUT2D eigenvalue weighted by Crippen LogP contribution is -2.23. The third kappa shape index (κ3) is 3.15. The van der Waals surface area contributed by atoms with Crippen LogP contribution in [0.5, 0.6) is 0 Å². The average molecular weight is 320 g/mol. The molecule has 1 aromatic heterocycles. The summed E-state index contributed by atoms with van der Waals surface area (Å²) in [5.74, 6) is 0.544. The fourth-order valence-corrected chi connectivity index (χ4v) is 2.37. The van der Waals surface area contributed by atoms with Crippen molar-refractivity contribution in [3.05, 3.63) is 36.4 Å². The van der Waals surface area contributed by atoms with Crippen LogP contribution in [0.15, 0.2) is 35.5 Å². The zero-order valence-electron chi connectivity index (χ0n) is 10.7. The molecule has 1 heterocycles. The number of aromatic amines is 1. The molecule has 1 aromatic carbocycles. The third-order valence-electron chi connectivity index (χ3n) is 2.70. The normalized spacial score (nSPS) is 13.9. The van der Waals surface area contributed by atoms with Crippen LogP contribution in [0.1, 0.15) is 18.8 Å². The van der Waals surface area contributed by atoms with Gasteiger partial charge < -0.3 is 5.32 Å². The lowest BCUT2D eigenvalue weighted by Gasteiger charge is -2.13. The largest absolute Gasteiger partial charge is 0.501 e. The maximum atomic E-state index is 12.4. The fraction of sp³-hybridized carbons (Fsp3) is 0.273. The van der Waals surface area contributed by atoms with Crippen LogP contribution in [0.3, 0.4) is 0 Å². The average Bonchev–Trinajstić information content (AvgIpc) is 2.92. The Hall–Kier alpha value is -2.10. The molecule has 0 aliphatic rings. The molecule has 1 atom stereocenters. The Bertz CT molecular complexity index is 696. The second-order valence-corrected chi connectivity index (χ2v) is 6.15. The van der Waals surface area contributed by atoms with Gasteiger partial charge in [0, 0.05) is 5.69 Å². The maximum Gasteiger partial charge on any atom is 0.501 e. The summed E-state index contributed by atoms with van der Waals surface area (Å²) in [5.41, 5.74) is -4.85. The molecule has 0 fully saturated rings. The Kier molecular flexibility index (Phi) is 3.90. The van der Waals surface area contributed by atoms with Crippen LogP contribution < -0.4 is 5.32 Å². The van der Waals surface area contributed by atoms with Crippen LogP contribution in [0.4, 0.5) is 18.9 Å². The molecule has 0 radical (unpaired) electrons. The zero-order valence-corrected chi connectivity index (χ0v) is 11.5. The second kappa shape index (κ2) is 5.35. The lowest BCUT2D eigenvalue weighted by molar-refractivity contribution is -0.0436. The molecule has 2 aromatic rings. The number of aromatic nitrogens is 3. The van der Waals surface area contributed by atoms with Crippen LogP contribution in [0.25, 0.3) is 0 Å². The highest BCUT2D eigenvalue weighted by atomic mass is 32.2. The van der Waals surface area contributed by atoms with Gasteiger partial charge in [-0.15, -0.1) is 0 Å². The smallest absolute Gasteiger partial charge is 0.375 e. The van der Waals surface area contributed by atoms with Gasteiger partial charge in [0.1, 0.15) is 12.2 Å². The lowest BCUT2D eigenvalue weighted by atomic mass is 10.2. The van der Waals surface area contributed by atoms with Gasteiger partial charge >= 0.3 is 5.51 Å². The van der Waals surface area contributed by atoms with Gasteiger partial charge in [-0.1, -0.05) is 0 Å². The number of hydrogen-bond donors (Lipinski definition) is 2. The second-order valence-electron chi connectivity index (χ2n) is 4.21. The van der Waals surface area contributed by atoms with E-state index in [9.17, 15) is 21.6 Å². The quantitative estimate of drug-likeness (QED) is 0.902. The highest BCUT2D eigenvalue weighted by Gasteiger charge is 2.46. The van der Waals surface area contributed by atoms with Crippen LogP contribution in [-0.4, -0.2) is 29.1 Å². The number of halogens is 3. The van der Waals surface area contributed by atoms with E-state index in [0.29, 0.717) is 11.5 Å². The highest BCUT2D eigenvalue weighted by Crippen LogP contribution is 2.30. The van der Waals surface area contributed by atoms with E-state index in [4.69, 9.17) is 0 Å². The number of rotatable bonds is 4. The molecule has 2 N–H and O–H groups in total. The van der Waals surface area contributed by atoms with Gasteiger partial charge in [0.2, 0.25) is 0 Å². The molecule has 0 aliphatic heterocycles. The Balaban J connectivity index is 2.17. The predicted octanol–water partition coefficient (Wildman–Crippen LogP) is 2.27. The summed E-state index contributed by atoms with van der Waals surface area (Å²) in [4.78, 5) is 3.13. The molecule has 21 heavy (non-hydrogen) atoms. The maximum absolute atomic E-state index is 12.4. The van der Waals surface area contributed by atoms with E-state index in [1.165, 1.54) is 18.5 Å². The van der Waals surface area contributed by atoms with Crippen molar-refractivity contribution in [3.63, 3.8) is 0 Å². The van der Waals surface area contributed by atoms with Gasteiger partial charge in [-0.2, -0.15) is 18.3 Å². The van der Waals surface area contributed by atoms with E-state index >= 15 is 0 Å². The molecular formula is C11H11F3N4O2S. The SMILES string of the molecule is CC(Nc1ccc(S(=O)(=O)C(F)(F)F)cc1)c1ncn[nH]1. The van der Waals surface area contributed by atoms with Crippen molar-refractivity contribution >= 4 is 15.5 Å². The first-order valence-electron chi connectivity index (χ1n) is 5.75.